The van der Waals surface area contributed by atoms with E-state index in [1.165, 1.54) is 12.1 Å². The number of fused-ring (bicyclic) bond motifs is 1. The zero-order chi connectivity index (χ0) is 13.8. The zero-order valence-electron chi connectivity index (χ0n) is 10.9. The Balaban J connectivity index is 2.09. The summed E-state index contributed by atoms with van der Waals surface area (Å²) in [6.45, 7) is 4.39. The highest BCUT2D eigenvalue weighted by Gasteiger charge is 2.51. The van der Waals surface area contributed by atoms with E-state index in [2.05, 4.69) is 0 Å². The molecule has 0 unspecified atom stereocenters. The first-order chi connectivity index (χ1) is 8.81. The molecule has 0 saturated heterocycles. The van der Waals surface area contributed by atoms with Crippen molar-refractivity contribution in [3.8, 4) is 5.75 Å². The number of nitro benzene ring substituents is 1. The molecule has 102 valence electrons. The molecule has 1 aliphatic heterocycles. The molecule has 0 spiro atoms. The Hall–Kier alpha value is -1.82. The number of nitro groups is 1. The van der Waals surface area contributed by atoms with E-state index in [4.69, 9.17) is 4.74 Å². The lowest BCUT2D eigenvalue weighted by atomic mass is 10.0. The van der Waals surface area contributed by atoms with Gasteiger partial charge in [-0.15, -0.1) is 0 Å². The summed E-state index contributed by atoms with van der Waals surface area (Å²) in [5, 5.41) is 21.2. The Bertz CT molecular complexity index is 552. The third-order valence-electron chi connectivity index (χ3n) is 3.57. The van der Waals surface area contributed by atoms with Gasteiger partial charge in [-0.1, -0.05) is 0 Å². The largest absolute Gasteiger partial charge is 0.484 e. The molecule has 1 fully saturated rings. The van der Waals surface area contributed by atoms with Crippen LogP contribution in [0.4, 0.5) is 11.4 Å². The molecule has 0 radical (unpaired) electrons. The van der Waals surface area contributed by atoms with Crippen LogP contribution in [0, 0.1) is 10.1 Å². The molecule has 6 nitrogen and oxygen atoms in total. The summed E-state index contributed by atoms with van der Waals surface area (Å²) in [5.74, 6) is 0.585. The smallest absolute Gasteiger partial charge is 0.271 e. The van der Waals surface area contributed by atoms with Gasteiger partial charge in [-0.05, 0) is 32.8 Å². The van der Waals surface area contributed by atoms with Crippen molar-refractivity contribution in [2.45, 2.75) is 38.0 Å². The molecule has 1 aliphatic carbocycles. The van der Waals surface area contributed by atoms with Gasteiger partial charge in [-0.25, -0.2) is 0 Å². The highest BCUT2D eigenvalue weighted by molar-refractivity contribution is 5.66. The maximum absolute atomic E-state index is 10.9. The summed E-state index contributed by atoms with van der Waals surface area (Å²) in [6, 6.07) is 4.50. The predicted molar refractivity (Wildman–Crippen MR) is 69.3 cm³/mol. The molecule has 19 heavy (non-hydrogen) atoms. The molecule has 1 N–H and O–H groups in total. The Labute approximate surface area is 110 Å². The van der Waals surface area contributed by atoms with Crippen LogP contribution in [0.1, 0.15) is 26.7 Å². The number of aliphatic hydroxyl groups is 1. The Kier molecular flexibility index (Phi) is 2.32. The highest BCUT2D eigenvalue weighted by Crippen LogP contribution is 2.49. The van der Waals surface area contributed by atoms with Crippen molar-refractivity contribution in [1.82, 2.24) is 0 Å². The van der Waals surface area contributed by atoms with Crippen LogP contribution in [-0.4, -0.2) is 27.9 Å². The molecule has 1 heterocycles. The monoisotopic (exact) mass is 264 g/mol. The lowest BCUT2D eigenvalue weighted by Gasteiger charge is -2.43. The maximum Gasteiger partial charge on any atom is 0.271 e. The average molecular weight is 264 g/mol. The summed E-state index contributed by atoms with van der Waals surface area (Å²) >= 11 is 0. The summed E-state index contributed by atoms with van der Waals surface area (Å²) in [7, 11) is 0. The average Bonchev–Trinajstić information content (AvgIpc) is 3.05. The Morgan fingerprint density at radius 3 is 2.68 bits per heavy atom. The van der Waals surface area contributed by atoms with Crippen molar-refractivity contribution in [2.75, 3.05) is 11.4 Å². The summed E-state index contributed by atoms with van der Waals surface area (Å²) < 4.78 is 5.83. The molecule has 6 heteroatoms. The lowest BCUT2D eigenvalue weighted by molar-refractivity contribution is -0.384. The second-order valence-corrected chi connectivity index (χ2v) is 5.84. The number of rotatable bonds is 2. The van der Waals surface area contributed by atoms with Gasteiger partial charge in [-0.2, -0.15) is 0 Å². The van der Waals surface area contributed by atoms with Gasteiger partial charge in [0.1, 0.15) is 17.1 Å². The third kappa shape index (κ3) is 2.02. The van der Waals surface area contributed by atoms with E-state index in [0.29, 0.717) is 30.8 Å². The topological polar surface area (TPSA) is 75.8 Å². The molecule has 0 aromatic heterocycles. The normalized spacial score (nSPS) is 22.4. The number of anilines is 1. The SMILES string of the molecule is CC1(C)CN(C2(O)CC2)c2cc([N+](=O)[O-])ccc2O1. The van der Waals surface area contributed by atoms with Crippen LogP contribution >= 0.6 is 0 Å². The molecule has 0 bridgehead atoms. The maximum atomic E-state index is 10.9. The van der Waals surface area contributed by atoms with Gasteiger partial charge < -0.3 is 14.7 Å². The van der Waals surface area contributed by atoms with E-state index in [0.717, 1.165) is 0 Å². The number of non-ortho nitro benzene ring substituents is 1. The van der Waals surface area contributed by atoms with Crippen molar-refractivity contribution < 1.29 is 14.8 Å². The highest BCUT2D eigenvalue weighted by atomic mass is 16.6. The fourth-order valence-corrected chi connectivity index (χ4v) is 2.47. The molecule has 0 amide bonds. The first kappa shape index (κ1) is 12.2. The standard InChI is InChI=1S/C13H16N2O4/c1-12(2)8-14(13(16)5-6-13)10-7-9(15(17)18)3-4-11(10)19-12/h3-4,7,16H,5-6,8H2,1-2H3. The fraction of sp³-hybridized carbons (Fsp3) is 0.538. The van der Waals surface area contributed by atoms with Crippen LogP contribution in [0.25, 0.3) is 0 Å². The van der Waals surface area contributed by atoms with Crippen molar-refractivity contribution in [3.05, 3.63) is 28.3 Å². The molecule has 1 aromatic rings. The summed E-state index contributed by atoms with van der Waals surface area (Å²) in [4.78, 5) is 12.3. The molecular formula is C13H16N2O4. The van der Waals surface area contributed by atoms with Crippen LogP contribution in [0.5, 0.6) is 5.75 Å². The number of nitrogens with zero attached hydrogens (tertiary/aromatic N) is 2. The van der Waals surface area contributed by atoms with Crippen LogP contribution in [0.3, 0.4) is 0 Å². The van der Waals surface area contributed by atoms with Crippen molar-refractivity contribution >= 4 is 11.4 Å². The Morgan fingerprint density at radius 2 is 2.11 bits per heavy atom. The van der Waals surface area contributed by atoms with Gasteiger partial charge in [0.05, 0.1) is 17.2 Å². The van der Waals surface area contributed by atoms with Crippen LogP contribution in [-0.2, 0) is 0 Å². The van der Waals surface area contributed by atoms with Crippen LogP contribution in [0.2, 0.25) is 0 Å². The van der Waals surface area contributed by atoms with E-state index in [1.807, 2.05) is 18.7 Å². The number of hydrogen-bond acceptors (Lipinski definition) is 5. The first-order valence-electron chi connectivity index (χ1n) is 6.28. The van der Waals surface area contributed by atoms with Crippen molar-refractivity contribution in [2.24, 2.45) is 0 Å². The van der Waals surface area contributed by atoms with E-state index in [1.54, 1.807) is 6.07 Å². The quantitative estimate of drug-likeness (QED) is 0.653. The van der Waals surface area contributed by atoms with E-state index < -0.39 is 16.2 Å². The van der Waals surface area contributed by atoms with Crippen LogP contribution < -0.4 is 9.64 Å². The number of benzene rings is 1. The van der Waals surface area contributed by atoms with Crippen molar-refractivity contribution in [1.29, 1.82) is 0 Å². The minimum absolute atomic E-state index is 0.0105. The van der Waals surface area contributed by atoms with Gasteiger partial charge in [0.25, 0.3) is 5.69 Å². The summed E-state index contributed by atoms with van der Waals surface area (Å²) in [6.07, 6.45) is 1.37. The molecule has 1 saturated carbocycles. The minimum Gasteiger partial charge on any atom is -0.484 e. The molecule has 2 aliphatic rings. The van der Waals surface area contributed by atoms with E-state index in [9.17, 15) is 15.2 Å². The zero-order valence-corrected chi connectivity index (χ0v) is 10.9. The summed E-state index contributed by atoms with van der Waals surface area (Å²) in [5.41, 5.74) is -0.684. The second-order valence-electron chi connectivity index (χ2n) is 5.84. The minimum atomic E-state index is -0.870. The van der Waals surface area contributed by atoms with E-state index in [-0.39, 0.29) is 5.69 Å². The molecule has 0 atom stereocenters. The first-order valence-corrected chi connectivity index (χ1v) is 6.28. The molecule has 1 aromatic carbocycles. The number of hydrogen-bond donors (Lipinski definition) is 1. The van der Waals surface area contributed by atoms with E-state index >= 15 is 0 Å². The third-order valence-corrected chi connectivity index (χ3v) is 3.57. The fourth-order valence-electron chi connectivity index (χ4n) is 2.47. The van der Waals surface area contributed by atoms with Gasteiger partial charge in [0.15, 0.2) is 0 Å². The predicted octanol–water partition coefficient (Wildman–Crippen LogP) is 2.05. The Morgan fingerprint density at radius 1 is 1.42 bits per heavy atom. The van der Waals surface area contributed by atoms with Gasteiger partial charge in [0.2, 0.25) is 0 Å². The van der Waals surface area contributed by atoms with Gasteiger partial charge in [-0.3, -0.25) is 10.1 Å². The van der Waals surface area contributed by atoms with Gasteiger partial charge in [0, 0.05) is 12.1 Å². The molecular weight excluding hydrogens is 248 g/mol. The second kappa shape index (κ2) is 3.60. The lowest BCUT2D eigenvalue weighted by Crippen LogP contribution is -2.52. The molecule has 3 rings (SSSR count). The number of ether oxygens (including phenoxy) is 1. The van der Waals surface area contributed by atoms with Crippen LogP contribution in [0.15, 0.2) is 18.2 Å². The van der Waals surface area contributed by atoms with Crippen molar-refractivity contribution in [3.63, 3.8) is 0 Å². The van der Waals surface area contributed by atoms with Gasteiger partial charge >= 0.3 is 0 Å².